The summed E-state index contributed by atoms with van der Waals surface area (Å²) in [6.45, 7) is 7.84. The summed E-state index contributed by atoms with van der Waals surface area (Å²) in [5.74, 6) is 1.84. The fourth-order valence-electron chi connectivity index (χ4n) is 4.65. The molecule has 1 saturated heterocycles. The number of nitriles is 1. The van der Waals surface area contributed by atoms with Gasteiger partial charge in [-0.1, -0.05) is 0 Å². The standard InChI is InChI=1S/C29H33N5O3/c1-19-20(2)26(9-8-24(19)33-29(35)32-22-6-7-22)37-27-10-11-31-25-17-28(21(18-30)16-23(25)27)36-15-5-14-34-12-3-4-13-34/h8-11,16-17,22H,3-7,12-15H2,1-2H3,(H2,32,33,35). The van der Waals surface area contributed by atoms with Gasteiger partial charge in [0.25, 0.3) is 0 Å². The van der Waals surface area contributed by atoms with Crippen LogP contribution in [0, 0.1) is 25.2 Å². The molecule has 0 spiro atoms. The highest BCUT2D eigenvalue weighted by atomic mass is 16.5. The molecule has 2 fully saturated rings. The van der Waals surface area contributed by atoms with E-state index in [9.17, 15) is 10.1 Å². The van der Waals surface area contributed by atoms with Crippen molar-refractivity contribution in [3.63, 3.8) is 0 Å². The van der Waals surface area contributed by atoms with Gasteiger partial charge in [-0.25, -0.2) is 4.79 Å². The van der Waals surface area contributed by atoms with Crippen LogP contribution in [-0.4, -0.2) is 48.2 Å². The Morgan fingerprint density at radius 1 is 1.11 bits per heavy atom. The first-order valence-corrected chi connectivity index (χ1v) is 13.1. The highest BCUT2D eigenvalue weighted by Crippen LogP contribution is 2.36. The Balaban J connectivity index is 1.31. The van der Waals surface area contributed by atoms with Gasteiger partial charge in [-0.2, -0.15) is 5.26 Å². The van der Waals surface area contributed by atoms with Gasteiger partial charge in [0.1, 0.15) is 23.3 Å². The third kappa shape index (κ3) is 5.95. The predicted octanol–water partition coefficient (Wildman–Crippen LogP) is 5.66. The Bertz CT molecular complexity index is 1340. The summed E-state index contributed by atoms with van der Waals surface area (Å²) in [4.78, 5) is 19.1. The molecule has 0 bridgehead atoms. The molecular formula is C29H33N5O3. The highest BCUT2D eigenvalue weighted by molar-refractivity contribution is 5.91. The second kappa shape index (κ2) is 11.1. The van der Waals surface area contributed by atoms with Gasteiger partial charge in [-0.15, -0.1) is 0 Å². The zero-order chi connectivity index (χ0) is 25.8. The molecule has 192 valence electrons. The second-order valence-electron chi connectivity index (χ2n) is 9.87. The van der Waals surface area contributed by atoms with Crippen molar-refractivity contribution in [3.8, 4) is 23.3 Å². The Morgan fingerprint density at radius 3 is 2.68 bits per heavy atom. The molecule has 2 amide bonds. The molecule has 37 heavy (non-hydrogen) atoms. The van der Waals surface area contributed by atoms with Crippen LogP contribution in [0.2, 0.25) is 0 Å². The largest absolute Gasteiger partial charge is 0.492 e. The zero-order valence-corrected chi connectivity index (χ0v) is 21.5. The first-order chi connectivity index (χ1) is 18.0. The summed E-state index contributed by atoms with van der Waals surface area (Å²) in [5.41, 5.74) is 3.77. The average Bonchev–Trinajstić information content (AvgIpc) is 3.55. The lowest BCUT2D eigenvalue weighted by molar-refractivity contribution is 0.251. The van der Waals surface area contributed by atoms with Crippen molar-refractivity contribution in [3.05, 3.63) is 53.2 Å². The number of rotatable bonds is 9. The van der Waals surface area contributed by atoms with Crippen LogP contribution in [-0.2, 0) is 0 Å². The Kier molecular flexibility index (Phi) is 7.42. The van der Waals surface area contributed by atoms with E-state index in [4.69, 9.17) is 9.47 Å². The SMILES string of the molecule is Cc1c(NC(=O)NC2CC2)ccc(Oc2ccnc3cc(OCCCN4CCCC4)c(C#N)cc23)c1C. The number of carbonyl (C=O) groups is 1. The molecule has 5 rings (SSSR count). The molecule has 0 radical (unpaired) electrons. The summed E-state index contributed by atoms with van der Waals surface area (Å²) in [6, 6.07) is 11.5. The van der Waals surface area contributed by atoms with Gasteiger partial charge in [0.05, 0.1) is 17.7 Å². The minimum Gasteiger partial charge on any atom is -0.492 e. The average molecular weight is 500 g/mol. The van der Waals surface area contributed by atoms with Crippen LogP contribution in [0.1, 0.15) is 48.8 Å². The van der Waals surface area contributed by atoms with Crippen LogP contribution >= 0.6 is 0 Å². The van der Waals surface area contributed by atoms with Gasteiger partial charge in [0.2, 0.25) is 0 Å². The number of nitrogens with one attached hydrogen (secondary N) is 2. The lowest BCUT2D eigenvalue weighted by Gasteiger charge is -2.17. The number of nitrogens with zero attached hydrogens (tertiary/aromatic N) is 3. The smallest absolute Gasteiger partial charge is 0.319 e. The van der Waals surface area contributed by atoms with E-state index in [0.717, 1.165) is 48.0 Å². The maximum atomic E-state index is 12.2. The van der Waals surface area contributed by atoms with E-state index in [-0.39, 0.29) is 6.03 Å². The number of anilines is 1. The second-order valence-corrected chi connectivity index (χ2v) is 9.87. The first kappa shape index (κ1) is 24.8. The summed E-state index contributed by atoms with van der Waals surface area (Å²) in [5, 5.41) is 16.4. The Morgan fingerprint density at radius 2 is 1.92 bits per heavy atom. The third-order valence-electron chi connectivity index (χ3n) is 7.12. The fourth-order valence-corrected chi connectivity index (χ4v) is 4.65. The lowest BCUT2D eigenvalue weighted by Crippen LogP contribution is -2.30. The van der Waals surface area contributed by atoms with Gasteiger partial charge in [0.15, 0.2) is 0 Å². The monoisotopic (exact) mass is 499 g/mol. The van der Waals surface area contributed by atoms with Crippen LogP contribution in [0.3, 0.4) is 0 Å². The number of hydrogen-bond acceptors (Lipinski definition) is 6. The van der Waals surface area contributed by atoms with Gasteiger partial charge in [0, 0.05) is 35.9 Å². The lowest BCUT2D eigenvalue weighted by atomic mass is 10.1. The maximum absolute atomic E-state index is 12.2. The molecule has 2 N–H and O–H groups in total. The molecule has 1 saturated carbocycles. The van der Waals surface area contributed by atoms with E-state index in [1.54, 1.807) is 18.3 Å². The number of benzene rings is 2. The van der Waals surface area contributed by atoms with Crippen LogP contribution in [0.5, 0.6) is 17.2 Å². The van der Waals surface area contributed by atoms with E-state index in [0.29, 0.717) is 41.0 Å². The van der Waals surface area contributed by atoms with Crippen molar-refractivity contribution in [1.29, 1.82) is 5.26 Å². The number of fused-ring (bicyclic) bond motifs is 1. The van der Waals surface area contributed by atoms with Gasteiger partial charge < -0.3 is 25.0 Å². The molecule has 1 aliphatic heterocycles. The van der Waals surface area contributed by atoms with Crippen LogP contribution in [0.25, 0.3) is 10.9 Å². The maximum Gasteiger partial charge on any atom is 0.319 e. The number of pyridine rings is 1. The van der Waals surface area contributed by atoms with Crippen LogP contribution in [0.15, 0.2) is 36.5 Å². The van der Waals surface area contributed by atoms with E-state index < -0.39 is 0 Å². The Labute approximate surface area is 217 Å². The zero-order valence-electron chi connectivity index (χ0n) is 21.5. The number of likely N-dealkylation sites (tertiary alicyclic amines) is 1. The summed E-state index contributed by atoms with van der Waals surface area (Å²) >= 11 is 0. The molecule has 1 aliphatic carbocycles. The normalized spacial score (nSPS) is 15.4. The molecule has 3 aromatic rings. The summed E-state index contributed by atoms with van der Waals surface area (Å²) < 4.78 is 12.3. The molecule has 2 aromatic carbocycles. The number of ether oxygens (including phenoxy) is 2. The fraction of sp³-hybridized carbons (Fsp3) is 0.414. The minimum atomic E-state index is -0.183. The molecular weight excluding hydrogens is 466 g/mol. The number of hydrogen-bond donors (Lipinski definition) is 2. The molecule has 2 aliphatic rings. The number of urea groups is 1. The Hall–Kier alpha value is -3.83. The summed E-state index contributed by atoms with van der Waals surface area (Å²) in [6.07, 6.45) is 7.25. The molecule has 0 unspecified atom stereocenters. The van der Waals surface area contributed by atoms with Crippen LogP contribution in [0.4, 0.5) is 10.5 Å². The van der Waals surface area contributed by atoms with Crippen LogP contribution < -0.4 is 20.1 Å². The molecule has 8 nitrogen and oxygen atoms in total. The van der Waals surface area contributed by atoms with Gasteiger partial charge >= 0.3 is 6.03 Å². The number of aromatic nitrogens is 1. The van der Waals surface area contributed by atoms with Crippen molar-refractivity contribution >= 4 is 22.6 Å². The number of carbonyl (C=O) groups excluding carboxylic acids is 1. The quantitative estimate of drug-likeness (QED) is 0.368. The van der Waals surface area contributed by atoms with E-state index in [1.165, 1.54) is 25.9 Å². The van der Waals surface area contributed by atoms with Crippen molar-refractivity contribution in [2.75, 3.05) is 31.6 Å². The highest BCUT2D eigenvalue weighted by Gasteiger charge is 2.23. The first-order valence-electron chi connectivity index (χ1n) is 13.1. The van der Waals surface area contributed by atoms with Crippen molar-refractivity contribution in [2.45, 2.75) is 52.0 Å². The summed E-state index contributed by atoms with van der Waals surface area (Å²) in [7, 11) is 0. The molecule has 0 atom stereocenters. The molecule has 2 heterocycles. The van der Waals surface area contributed by atoms with Gasteiger partial charge in [-0.05, 0) is 94.4 Å². The molecule has 8 heteroatoms. The van der Waals surface area contributed by atoms with Gasteiger partial charge in [-0.3, -0.25) is 4.98 Å². The van der Waals surface area contributed by atoms with Crippen molar-refractivity contribution in [1.82, 2.24) is 15.2 Å². The molecule has 1 aromatic heterocycles. The van der Waals surface area contributed by atoms with E-state index in [2.05, 4.69) is 26.6 Å². The van der Waals surface area contributed by atoms with E-state index >= 15 is 0 Å². The third-order valence-corrected chi connectivity index (χ3v) is 7.12. The minimum absolute atomic E-state index is 0.183. The van der Waals surface area contributed by atoms with E-state index in [1.807, 2.05) is 32.0 Å². The topological polar surface area (TPSA) is 99.5 Å². The number of amides is 2. The van der Waals surface area contributed by atoms with Crippen molar-refractivity contribution in [2.24, 2.45) is 0 Å². The van der Waals surface area contributed by atoms with Crippen molar-refractivity contribution < 1.29 is 14.3 Å². The predicted molar refractivity (Wildman–Crippen MR) is 143 cm³/mol.